The van der Waals surface area contributed by atoms with E-state index in [9.17, 15) is 19.2 Å². The number of hydrogen-bond acceptors (Lipinski definition) is 6. The Bertz CT molecular complexity index is 1750. The number of benzene rings is 3. The summed E-state index contributed by atoms with van der Waals surface area (Å²) >= 11 is 0. The lowest BCUT2D eigenvalue weighted by molar-refractivity contribution is -0.122. The Morgan fingerprint density at radius 3 is 2.10 bits per heavy atom. The lowest BCUT2D eigenvalue weighted by Gasteiger charge is -2.16. The predicted molar refractivity (Wildman–Crippen MR) is 160 cm³/mol. The number of aryl methyl sites for hydroxylation is 2. The molecule has 0 unspecified atom stereocenters. The molecule has 0 spiro atoms. The molecule has 210 valence electrons. The molecule has 1 saturated heterocycles. The van der Waals surface area contributed by atoms with E-state index in [1.165, 1.54) is 4.90 Å². The van der Waals surface area contributed by atoms with E-state index in [2.05, 4.69) is 0 Å². The molecule has 42 heavy (non-hydrogen) atoms. The van der Waals surface area contributed by atoms with Crippen LogP contribution >= 0.6 is 0 Å². The highest BCUT2D eigenvalue weighted by molar-refractivity contribution is 6.22. The van der Waals surface area contributed by atoms with Crippen LogP contribution in [0.15, 0.2) is 84.9 Å². The number of hydrogen-bond donors (Lipinski definition) is 0. The molecule has 3 aromatic carbocycles. The van der Waals surface area contributed by atoms with Gasteiger partial charge in [0.1, 0.15) is 0 Å². The number of nitrogens with zero attached hydrogens (tertiary/aromatic N) is 2. The number of Topliss-reactive ketones (excluding diaryl/α,β-unsaturated/α-hetero) is 1. The van der Waals surface area contributed by atoms with Gasteiger partial charge in [-0.1, -0.05) is 65.7 Å². The topological polar surface area (TPSA) is 93.6 Å². The summed E-state index contributed by atoms with van der Waals surface area (Å²) in [5.41, 5.74) is 5.11. The minimum absolute atomic E-state index is 0.166. The van der Waals surface area contributed by atoms with Crippen molar-refractivity contribution in [3.05, 3.63) is 107 Å². The number of imide groups is 1. The van der Waals surface area contributed by atoms with Crippen molar-refractivity contribution in [2.75, 3.05) is 4.90 Å². The third kappa shape index (κ3) is 4.91. The maximum absolute atomic E-state index is 13.5. The minimum atomic E-state index is -0.981. The molecule has 3 atom stereocenters. The Morgan fingerprint density at radius 1 is 0.833 bits per heavy atom. The summed E-state index contributed by atoms with van der Waals surface area (Å²) in [6.07, 6.45) is 4.11. The number of fused-ring (bicyclic) bond motifs is 2. The molecule has 1 aliphatic heterocycles. The number of rotatable bonds is 6. The minimum Gasteiger partial charge on any atom is -0.451 e. The molecule has 1 aliphatic carbocycles. The molecule has 1 aromatic heterocycles. The van der Waals surface area contributed by atoms with Gasteiger partial charge in [0.2, 0.25) is 17.6 Å². The highest BCUT2D eigenvalue weighted by atomic mass is 16.5. The van der Waals surface area contributed by atoms with E-state index in [4.69, 9.17) is 9.72 Å². The second kappa shape index (κ2) is 10.8. The standard InChI is InChI=1S/C35H30N2O5/c1-20-8-11-24(12-9-20)32(38)22(3)42-35(41)29-19-31(36-30-17-10-21(2)18-28(29)30)23-13-15-25(16-14-23)37-33(39)26-6-4-5-7-27(26)34(37)40/h4-5,8-19,22,26-27H,6-7H2,1-3H3/t22-,26-,27+/m0/s1. The van der Waals surface area contributed by atoms with Crippen LogP contribution in [-0.4, -0.2) is 34.7 Å². The molecule has 0 N–H and O–H groups in total. The lowest BCUT2D eigenvalue weighted by atomic mass is 9.85. The van der Waals surface area contributed by atoms with Crippen LogP contribution in [0.4, 0.5) is 5.69 Å². The number of aromatic nitrogens is 1. The van der Waals surface area contributed by atoms with Gasteiger partial charge in [-0.25, -0.2) is 9.78 Å². The summed E-state index contributed by atoms with van der Waals surface area (Å²) in [6.45, 7) is 5.44. The summed E-state index contributed by atoms with van der Waals surface area (Å²) in [5.74, 6) is -1.84. The quantitative estimate of drug-likeness (QED) is 0.118. The molecule has 0 saturated carbocycles. The highest BCUT2D eigenvalue weighted by Gasteiger charge is 2.47. The zero-order chi connectivity index (χ0) is 29.5. The Hall–Kier alpha value is -4.91. The highest BCUT2D eigenvalue weighted by Crippen LogP contribution is 2.38. The Balaban J connectivity index is 1.30. The van der Waals surface area contributed by atoms with Gasteiger partial charge < -0.3 is 4.74 Å². The van der Waals surface area contributed by atoms with Crippen molar-refractivity contribution in [1.82, 2.24) is 4.98 Å². The smallest absolute Gasteiger partial charge is 0.339 e. The van der Waals surface area contributed by atoms with Crippen LogP contribution in [0.2, 0.25) is 0 Å². The maximum atomic E-state index is 13.5. The summed E-state index contributed by atoms with van der Waals surface area (Å²) in [5, 5.41) is 0.625. The van der Waals surface area contributed by atoms with Crippen molar-refractivity contribution < 1.29 is 23.9 Å². The summed E-state index contributed by atoms with van der Waals surface area (Å²) in [7, 11) is 0. The maximum Gasteiger partial charge on any atom is 0.339 e. The predicted octanol–water partition coefficient (Wildman–Crippen LogP) is 6.40. The molecule has 2 amide bonds. The second-order valence-corrected chi connectivity index (χ2v) is 11.1. The van der Waals surface area contributed by atoms with Crippen molar-refractivity contribution in [2.45, 2.75) is 39.7 Å². The van der Waals surface area contributed by atoms with Crippen molar-refractivity contribution in [1.29, 1.82) is 0 Å². The number of carbonyl (C=O) groups excluding carboxylic acids is 4. The zero-order valence-corrected chi connectivity index (χ0v) is 23.7. The van der Waals surface area contributed by atoms with Crippen LogP contribution in [0.1, 0.15) is 51.6 Å². The van der Waals surface area contributed by atoms with Gasteiger partial charge in [-0.05, 0) is 63.9 Å². The van der Waals surface area contributed by atoms with Crippen LogP contribution in [-0.2, 0) is 14.3 Å². The van der Waals surface area contributed by atoms with Crippen LogP contribution < -0.4 is 4.90 Å². The molecule has 4 aromatic rings. The SMILES string of the molecule is Cc1ccc(C(=O)[C@H](C)OC(=O)c2cc(-c3ccc(N4C(=O)[C@H]5CC=CC[C@H]5C4=O)cc3)nc3ccc(C)cc23)cc1. The van der Waals surface area contributed by atoms with Gasteiger partial charge in [0.15, 0.2) is 6.10 Å². The molecule has 7 nitrogen and oxygen atoms in total. The monoisotopic (exact) mass is 558 g/mol. The fourth-order valence-corrected chi connectivity index (χ4v) is 5.72. The number of amides is 2. The first-order chi connectivity index (χ1) is 20.2. The van der Waals surface area contributed by atoms with Crippen molar-refractivity contribution >= 4 is 40.2 Å². The van der Waals surface area contributed by atoms with Crippen LogP contribution in [0.5, 0.6) is 0 Å². The Labute approximate surface area is 243 Å². The number of esters is 1. The molecule has 7 heteroatoms. The summed E-state index contributed by atoms with van der Waals surface area (Å²) < 4.78 is 5.68. The summed E-state index contributed by atoms with van der Waals surface area (Å²) in [6, 6.07) is 21.5. The van der Waals surface area contributed by atoms with E-state index in [-0.39, 0.29) is 29.4 Å². The lowest BCUT2D eigenvalue weighted by Crippen LogP contribution is -2.30. The molecular weight excluding hydrogens is 528 g/mol. The van der Waals surface area contributed by atoms with E-state index >= 15 is 0 Å². The molecule has 6 rings (SSSR count). The summed E-state index contributed by atoms with van der Waals surface area (Å²) in [4.78, 5) is 58.6. The second-order valence-electron chi connectivity index (χ2n) is 11.1. The number of pyridine rings is 1. The molecule has 2 heterocycles. The number of ether oxygens (including phenoxy) is 1. The number of carbonyl (C=O) groups is 4. The number of allylic oxidation sites excluding steroid dienone is 2. The van der Waals surface area contributed by atoms with E-state index in [0.717, 1.165) is 11.1 Å². The zero-order valence-electron chi connectivity index (χ0n) is 23.7. The van der Waals surface area contributed by atoms with Crippen molar-refractivity contribution in [3.8, 4) is 11.3 Å². The van der Waals surface area contributed by atoms with E-state index < -0.39 is 12.1 Å². The van der Waals surface area contributed by atoms with Crippen molar-refractivity contribution in [3.63, 3.8) is 0 Å². The van der Waals surface area contributed by atoms with Crippen molar-refractivity contribution in [2.24, 2.45) is 11.8 Å². The Kier molecular flexibility index (Phi) is 7.02. The first kappa shape index (κ1) is 27.3. The molecule has 0 bridgehead atoms. The third-order valence-electron chi connectivity index (χ3n) is 8.10. The van der Waals surface area contributed by atoms with Gasteiger partial charge in [-0.15, -0.1) is 0 Å². The van der Waals surface area contributed by atoms with Gasteiger partial charge in [-0.2, -0.15) is 0 Å². The van der Waals surface area contributed by atoms with Gasteiger partial charge in [0, 0.05) is 16.5 Å². The average Bonchev–Trinajstić information content (AvgIpc) is 3.26. The number of ketones is 1. The van der Waals surface area contributed by atoms with Crippen LogP contribution in [0.25, 0.3) is 22.2 Å². The van der Waals surface area contributed by atoms with Gasteiger partial charge in [-0.3, -0.25) is 19.3 Å². The average molecular weight is 559 g/mol. The first-order valence-corrected chi connectivity index (χ1v) is 14.1. The molecule has 0 radical (unpaired) electrons. The Morgan fingerprint density at radius 2 is 1.45 bits per heavy atom. The van der Waals surface area contributed by atoms with Gasteiger partial charge >= 0.3 is 5.97 Å². The fourth-order valence-electron chi connectivity index (χ4n) is 5.72. The van der Waals surface area contributed by atoms with Crippen LogP contribution in [0, 0.1) is 25.7 Å². The molecule has 2 aliphatic rings. The normalized spacial score (nSPS) is 18.7. The third-order valence-corrected chi connectivity index (χ3v) is 8.10. The first-order valence-electron chi connectivity index (χ1n) is 14.1. The van der Waals surface area contributed by atoms with Gasteiger partial charge in [0.25, 0.3) is 0 Å². The molecular formula is C35H30N2O5. The van der Waals surface area contributed by atoms with Gasteiger partial charge in [0.05, 0.1) is 34.3 Å². The largest absolute Gasteiger partial charge is 0.451 e. The number of anilines is 1. The fraction of sp³-hybridized carbons (Fsp3) is 0.229. The van der Waals surface area contributed by atoms with Crippen LogP contribution in [0.3, 0.4) is 0 Å². The van der Waals surface area contributed by atoms with E-state index in [1.807, 2.05) is 56.3 Å². The van der Waals surface area contributed by atoms with E-state index in [1.54, 1.807) is 49.4 Å². The molecule has 1 fully saturated rings. The van der Waals surface area contributed by atoms with E-state index in [0.29, 0.717) is 51.8 Å².